The highest BCUT2D eigenvalue weighted by atomic mass is 16.5. The number of azo groups is 2. The number of ether oxygens (including phenoxy) is 2. The lowest BCUT2D eigenvalue weighted by Crippen LogP contribution is -2.36. The van der Waals surface area contributed by atoms with Crippen LogP contribution in [0.4, 0.5) is 11.6 Å². The predicted molar refractivity (Wildman–Crippen MR) is 124 cm³/mol. The number of nitrogens with zero attached hydrogens (tertiary/aromatic N) is 6. The molecule has 0 N–H and O–H groups in total. The Morgan fingerprint density at radius 2 is 2.06 bits per heavy atom. The summed E-state index contributed by atoms with van der Waals surface area (Å²) < 4.78 is 13.2. The van der Waals surface area contributed by atoms with Gasteiger partial charge < -0.3 is 14.4 Å². The van der Waals surface area contributed by atoms with E-state index in [-0.39, 0.29) is 0 Å². The molecule has 1 radical (unpaired) electrons. The van der Waals surface area contributed by atoms with Crippen molar-refractivity contribution >= 4 is 11.6 Å². The maximum absolute atomic E-state index is 5.95. The Morgan fingerprint density at radius 1 is 1.15 bits per heavy atom. The molecule has 0 saturated carbocycles. The van der Waals surface area contributed by atoms with Crippen LogP contribution >= 0.6 is 0 Å². The molecule has 0 atom stereocenters. The van der Waals surface area contributed by atoms with Gasteiger partial charge in [-0.15, -0.1) is 4.70 Å². The largest absolute Gasteiger partial charge is 0.444 e. The summed E-state index contributed by atoms with van der Waals surface area (Å²) in [7, 11) is 0. The molecule has 0 amide bonds. The van der Waals surface area contributed by atoms with Gasteiger partial charge in [0.15, 0.2) is 0 Å². The van der Waals surface area contributed by atoms with Crippen molar-refractivity contribution in [1.82, 2.24) is 15.0 Å². The second-order valence-corrected chi connectivity index (χ2v) is 7.90. The van der Waals surface area contributed by atoms with Crippen LogP contribution in [0.25, 0.3) is 0 Å². The molecule has 0 spiro atoms. The van der Waals surface area contributed by atoms with E-state index >= 15 is 0 Å². The SMILES string of the molecule is CC1=CC=C/C(=C2\C=C[N+](c3cc(N4CCOCC4)nc(OCCc4ccccn4)n3)=N2)[CH]1. The van der Waals surface area contributed by atoms with E-state index in [2.05, 4.69) is 45.3 Å². The molecule has 0 bridgehead atoms. The van der Waals surface area contributed by atoms with Crippen LogP contribution in [0.5, 0.6) is 6.01 Å². The Balaban J connectivity index is 1.40. The van der Waals surface area contributed by atoms with Crippen molar-refractivity contribution in [3.05, 3.63) is 89.9 Å². The molecule has 2 aromatic heterocycles. The monoisotopic (exact) mass is 442 g/mol. The summed E-state index contributed by atoms with van der Waals surface area (Å²) in [6.07, 6.45) is 14.7. The Hall–Kier alpha value is -3.65. The first-order valence-electron chi connectivity index (χ1n) is 11.1. The minimum absolute atomic E-state index is 0.331. The Bertz CT molecular complexity index is 1160. The van der Waals surface area contributed by atoms with Gasteiger partial charge in [0.05, 0.1) is 25.9 Å². The van der Waals surface area contributed by atoms with Gasteiger partial charge in [0.25, 0.3) is 0 Å². The van der Waals surface area contributed by atoms with E-state index in [4.69, 9.17) is 14.6 Å². The lowest BCUT2D eigenvalue weighted by atomic mass is 9.99. The average Bonchev–Trinajstić information content (AvgIpc) is 3.36. The van der Waals surface area contributed by atoms with Crippen LogP contribution in [0.15, 0.2) is 82.9 Å². The lowest BCUT2D eigenvalue weighted by molar-refractivity contribution is -0.435. The van der Waals surface area contributed by atoms with E-state index in [0.29, 0.717) is 38.1 Å². The first-order valence-corrected chi connectivity index (χ1v) is 11.1. The van der Waals surface area contributed by atoms with Crippen LogP contribution in [-0.2, 0) is 11.2 Å². The molecule has 1 aliphatic carbocycles. The quantitative estimate of drug-likeness (QED) is 0.631. The van der Waals surface area contributed by atoms with Crippen molar-refractivity contribution in [2.24, 2.45) is 5.11 Å². The van der Waals surface area contributed by atoms with Gasteiger partial charge in [-0.3, -0.25) is 4.98 Å². The molecule has 1 saturated heterocycles. The molecule has 1 fully saturated rings. The summed E-state index contributed by atoms with van der Waals surface area (Å²) in [6, 6.07) is 8.14. The van der Waals surface area contributed by atoms with Gasteiger partial charge in [-0.05, 0) is 24.6 Å². The fourth-order valence-electron chi connectivity index (χ4n) is 3.74. The fourth-order valence-corrected chi connectivity index (χ4v) is 3.74. The van der Waals surface area contributed by atoms with Crippen molar-refractivity contribution in [2.75, 3.05) is 37.8 Å². The van der Waals surface area contributed by atoms with Gasteiger partial charge in [-0.1, -0.05) is 35.0 Å². The zero-order valence-electron chi connectivity index (χ0n) is 18.6. The molecule has 0 aromatic carbocycles. The molecule has 2 aromatic rings. The number of morpholine rings is 1. The van der Waals surface area contributed by atoms with Crippen LogP contribution in [0.3, 0.4) is 0 Å². The van der Waals surface area contributed by atoms with E-state index in [1.807, 2.05) is 42.6 Å². The summed E-state index contributed by atoms with van der Waals surface area (Å²) in [4.78, 5) is 15.8. The van der Waals surface area contributed by atoms with Gasteiger partial charge in [0, 0.05) is 48.9 Å². The highest BCUT2D eigenvalue weighted by Gasteiger charge is 2.25. The van der Waals surface area contributed by atoms with Crippen molar-refractivity contribution in [2.45, 2.75) is 13.3 Å². The van der Waals surface area contributed by atoms with Crippen LogP contribution in [0.2, 0.25) is 0 Å². The topological polar surface area (TPSA) is 75.7 Å². The van der Waals surface area contributed by atoms with Crippen molar-refractivity contribution in [3.63, 3.8) is 0 Å². The number of hydrogen-bond donors (Lipinski definition) is 0. The molecule has 5 rings (SSSR count). The third kappa shape index (κ3) is 5.23. The van der Waals surface area contributed by atoms with E-state index in [1.54, 1.807) is 10.9 Å². The fraction of sp³-hybridized carbons (Fsp3) is 0.280. The number of pyridine rings is 1. The first-order chi connectivity index (χ1) is 16.2. The molecule has 8 heteroatoms. The summed E-state index contributed by atoms with van der Waals surface area (Å²) in [5.74, 6) is 1.47. The predicted octanol–water partition coefficient (Wildman–Crippen LogP) is 3.93. The molecule has 0 unspecified atom stereocenters. The second-order valence-electron chi connectivity index (χ2n) is 7.90. The second kappa shape index (κ2) is 9.87. The molecular formula is C25H26N6O2+. The number of anilines is 1. The van der Waals surface area contributed by atoms with E-state index in [1.165, 1.54) is 5.57 Å². The molecular weight excluding hydrogens is 416 g/mol. The number of allylic oxidation sites excluding steroid dienone is 6. The van der Waals surface area contributed by atoms with Crippen LogP contribution in [0.1, 0.15) is 12.6 Å². The zero-order valence-corrected chi connectivity index (χ0v) is 18.6. The number of hydrogen-bond acceptors (Lipinski definition) is 7. The van der Waals surface area contributed by atoms with Gasteiger partial charge in [-0.2, -0.15) is 4.98 Å². The summed E-state index contributed by atoms with van der Waals surface area (Å²) in [5.41, 5.74) is 4.13. The van der Waals surface area contributed by atoms with E-state index < -0.39 is 0 Å². The molecule has 2 aliphatic heterocycles. The van der Waals surface area contributed by atoms with Gasteiger partial charge in [0.2, 0.25) is 0 Å². The first kappa shape index (κ1) is 21.2. The van der Waals surface area contributed by atoms with Crippen molar-refractivity contribution in [3.8, 4) is 6.01 Å². The number of rotatable bonds is 6. The van der Waals surface area contributed by atoms with E-state index in [0.717, 1.165) is 35.9 Å². The standard InChI is InChI=1S/C25H26N6O2/c1-19-5-4-6-20(17-19)22-8-11-31(29-22)24-18-23(30-12-15-32-16-13-30)27-25(28-24)33-14-9-21-7-2-3-10-26-21/h2-8,10-11,17-18H,9,12-16H2,1H3/q+1/b22-20-. The summed E-state index contributed by atoms with van der Waals surface area (Å²) in [6.45, 7) is 5.42. The van der Waals surface area contributed by atoms with Gasteiger partial charge >= 0.3 is 11.8 Å². The van der Waals surface area contributed by atoms with Crippen molar-refractivity contribution < 1.29 is 14.2 Å². The molecule has 33 heavy (non-hydrogen) atoms. The maximum atomic E-state index is 5.95. The lowest BCUT2D eigenvalue weighted by Gasteiger charge is -2.27. The van der Waals surface area contributed by atoms with Crippen molar-refractivity contribution in [1.29, 1.82) is 0 Å². The molecule has 8 nitrogen and oxygen atoms in total. The Morgan fingerprint density at radius 3 is 2.88 bits per heavy atom. The summed E-state index contributed by atoms with van der Waals surface area (Å²) in [5, 5.41) is 4.76. The van der Waals surface area contributed by atoms with Gasteiger partial charge in [0.1, 0.15) is 17.7 Å². The number of aromatic nitrogens is 3. The maximum Gasteiger partial charge on any atom is 0.435 e. The van der Waals surface area contributed by atoms with E-state index in [9.17, 15) is 0 Å². The third-order valence-electron chi connectivity index (χ3n) is 5.47. The highest BCUT2D eigenvalue weighted by Crippen LogP contribution is 2.28. The molecule has 4 heterocycles. The highest BCUT2D eigenvalue weighted by molar-refractivity contribution is 5.49. The zero-order chi connectivity index (χ0) is 22.5. The molecule has 167 valence electrons. The normalized spacial score (nSPS) is 20.1. The Labute approximate surface area is 193 Å². The molecule has 3 aliphatic rings. The van der Waals surface area contributed by atoms with Gasteiger partial charge in [-0.25, -0.2) is 0 Å². The average molecular weight is 443 g/mol. The minimum atomic E-state index is 0.331. The van der Waals surface area contributed by atoms with Crippen LogP contribution in [-0.4, -0.2) is 52.6 Å². The van der Waals surface area contributed by atoms with Crippen LogP contribution < -0.4 is 9.64 Å². The Kier molecular flexibility index (Phi) is 6.34. The third-order valence-corrected chi connectivity index (χ3v) is 5.47. The smallest absolute Gasteiger partial charge is 0.435 e. The van der Waals surface area contributed by atoms with Crippen LogP contribution in [0, 0.1) is 6.42 Å². The minimum Gasteiger partial charge on any atom is -0.444 e. The summed E-state index contributed by atoms with van der Waals surface area (Å²) >= 11 is 0.